The van der Waals surface area contributed by atoms with E-state index in [4.69, 9.17) is 0 Å². The third-order valence-electron chi connectivity index (χ3n) is 2.48. The highest BCUT2D eigenvalue weighted by molar-refractivity contribution is 7.71. The van der Waals surface area contributed by atoms with Crippen molar-refractivity contribution >= 4 is 10.7 Å². The molecule has 2 rings (SSSR count). The first-order valence-corrected chi connectivity index (χ1v) is 6.98. The molecule has 5 nitrogen and oxygen atoms in total. The molecule has 0 saturated heterocycles. The third kappa shape index (κ3) is 3.91. The predicted molar refractivity (Wildman–Crippen MR) is 68.2 cm³/mol. The maximum atomic E-state index is 12.8. The van der Waals surface area contributed by atoms with E-state index in [2.05, 4.69) is 9.97 Å². The number of thiol groups is 1. The number of hydrogen-bond acceptors (Lipinski definition) is 5. The maximum Gasteiger partial charge on any atom is 0.433 e. The molecule has 0 aliphatic rings. The molecular formula is C12H9F3N2O3S. The molecule has 0 unspecified atom stereocenters. The van der Waals surface area contributed by atoms with Crippen molar-refractivity contribution in [3.05, 3.63) is 41.9 Å². The van der Waals surface area contributed by atoms with Crippen molar-refractivity contribution in [1.82, 2.24) is 9.97 Å². The van der Waals surface area contributed by atoms with Gasteiger partial charge in [-0.15, -0.1) is 0 Å². The Morgan fingerprint density at radius 2 is 1.86 bits per heavy atom. The summed E-state index contributed by atoms with van der Waals surface area (Å²) in [7, 11) is -2.95. The van der Waals surface area contributed by atoms with Gasteiger partial charge in [-0.05, 0) is 18.2 Å². The van der Waals surface area contributed by atoms with Crippen molar-refractivity contribution in [2.24, 2.45) is 0 Å². The molecule has 0 fully saturated rings. The first kappa shape index (κ1) is 15.2. The van der Waals surface area contributed by atoms with Crippen molar-refractivity contribution in [3.63, 3.8) is 0 Å². The van der Waals surface area contributed by atoms with Gasteiger partial charge in [-0.3, -0.25) is 0 Å². The van der Waals surface area contributed by atoms with Gasteiger partial charge < -0.3 is 5.11 Å². The zero-order valence-corrected chi connectivity index (χ0v) is 11.2. The minimum Gasteiger partial charge on any atom is -0.508 e. The largest absolute Gasteiger partial charge is 0.508 e. The quantitative estimate of drug-likeness (QED) is 0.846. The van der Waals surface area contributed by atoms with Gasteiger partial charge in [-0.2, -0.15) is 13.2 Å². The lowest BCUT2D eigenvalue weighted by atomic mass is 10.1. The molecule has 2 aromatic rings. The second-order valence-electron chi connectivity index (χ2n) is 4.09. The van der Waals surface area contributed by atoms with Crippen LogP contribution < -0.4 is 0 Å². The van der Waals surface area contributed by atoms with E-state index in [0.717, 1.165) is 0 Å². The molecule has 1 aromatic carbocycles. The van der Waals surface area contributed by atoms with Gasteiger partial charge in [0.15, 0.2) is 0 Å². The standard InChI is InChI=1S/C12H9F3N2O3S/c13-12(14,15)10-5-9(7-2-1-3-8(18)4-7)16-11(17-10)6-21(19)20/h1-5,18,21H,6H2. The second kappa shape index (κ2) is 5.68. The van der Waals surface area contributed by atoms with Crippen LogP contribution in [0.4, 0.5) is 13.2 Å². The molecule has 0 atom stereocenters. The summed E-state index contributed by atoms with van der Waals surface area (Å²) in [5.41, 5.74) is -1.12. The smallest absolute Gasteiger partial charge is 0.433 e. The zero-order chi connectivity index (χ0) is 15.6. The van der Waals surface area contributed by atoms with Gasteiger partial charge in [0.05, 0.1) is 5.69 Å². The number of aromatic hydroxyl groups is 1. The van der Waals surface area contributed by atoms with Gasteiger partial charge in [0.1, 0.15) is 33.7 Å². The molecule has 0 saturated carbocycles. The topological polar surface area (TPSA) is 80.2 Å². The number of phenolic OH excluding ortho intramolecular Hbond substituents is 1. The molecule has 0 aliphatic carbocycles. The Kier molecular flexibility index (Phi) is 4.12. The summed E-state index contributed by atoms with van der Waals surface area (Å²) < 4.78 is 59.7. The van der Waals surface area contributed by atoms with E-state index < -0.39 is 34.2 Å². The molecule has 0 bridgehead atoms. The second-order valence-corrected chi connectivity index (χ2v) is 5.08. The van der Waals surface area contributed by atoms with E-state index in [1.807, 2.05) is 0 Å². The maximum absolute atomic E-state index is 12.8. The van der Waals surface area contributed by atoms with E-state index in [1.54, 1.807) is 0 Å². The number of hydrogen-bond donors (Lipinski definition) is 2. The van der Waals surface area contributed by atoms with Crippen LogP contribution in [0.25, 0.3) is 11.3 Å². The van der Waals surface area contributed by atoms with Crippen LogP contribution in [0.15, 0.2) is 30.3 Å². The monoisotopic (exact) mass is 318 g/mol. The number of nitrogens with zero attached hydrogens (tertiary/aromatic N) is 2. The molecule has 0 spiro atoms. The number of rotatable bonds is 3. The SMILES string of the molecule is O=[SH](=O)Cc1nc(-c2cccc(O)c2)cc(C(F)(F)F)n1. The summed E-state index contributed by atoms with van der Waals surface area (Å²) >= 11 is 0. The van der Waals surface area contributed by atoms with Crippen molar-refractivity contribution < 1.29 is 26.7 Å². The van der Waals surface area contributed by atoms with E-state index in [-0.39, 0.29) is 17.0 Å². The van der Waals surface area contributed by atoms with Crippen LogP contribution >= 0.6 is 0 Å². The molecule has 112 valence electrons. The van der Waals surface area contributed by atoms with Crippen LogP contribution in [0, 0.1) is 0 Å². The Balaban J connectivity index is 2.59. The van der Waals surface area contributed by atoms with Crippen LogP contribution in [-0.2, 0) is 22.6 Å². The molecule has 9 heteroatoms. The Bertz CT molecular complexity index is 737. The molecule has 21 heavy (non-hydrogen) atoms. The molecule has 1 aromatic heterocycles. The molecule has 0 amide bonds. The summed E-state index contributed by atoms with van der Waals surface area (Å²) in [4.78, 5) is 7.00. The Hall–Kier alpha value is -2.16. The van der Waals surface area contributed by atoms with Crippen LogP contribution in [0.2, 0.25) is 0 Å². The zero-order valence-electron chi connectivity index (χ0n) is 10.3. The van der Waals surface area contributed by atoms with Gasteiger partial charge >= 0.3 is 6.18 Å². The summed E-state index contributed by atoms with van der Waals surface area (Å²) in [6.45, 7) is 0. The molecule has 1 N–H and O–H groups in total. The molecular weight excluding hydrogens is 309 g/mol. The average Bonchev–Trinajstić information content (AvgIpc) is 2.36. The highest BCUT2D eigenvalue weighted by Crippen LogP contribution is 2.31. The van der Waals surface area contributed by atoms with Crippen LogP contribution in [0.5, 0.6) is 5.75 Å². The van der Waals surface area contributed by atoms with Gasteiger partial charge in [-0.1, -0.05) is 12.1 Å². The number of alkyl halides is 3. The fraction of sp³-hybridized carbons (Fsp3) is 0.167. The Morgan fingerprint density at radius 1 is 1.14 bits per heavy atom. The highest BCUT2D eigenvalue weighted by Gasteiger charge is 2.33. The fourth-order valence-electron chi connectivity index (χ4n) is 1.64. The van der Waals surface area contributed by atoms with Gasteiger partial charge in [0, 0.05) is 5.56 Å². The van der Waals surface area contributed by atoms with Crippen LogP contribution in [-0.4, -0.2) is 23.5 Å². The van der Waals surface area contributed by atoms with Crippen LogP contribution in [0.1, 0.15) is 11.5 Å². The first-order chi connectivity index (χ1) is 9.75. The highest BCUT2D eigenvalue weighted by atomic mass is 32.2. The van der Waals surface area contributed by atoms with E-state index in [0.29, 0.717) is 6.07 Å². The molecule has 0 radical (unpaired) electrons. The van der Waals surface area contributed by atoms with Crippen molar-refractivity contribution in [2.45, 2.75) is 11.9 Å². The predicted octanol–water partition coefficient (Wildman–Crippen LogP) is 1.98. The van der Waals surface area contributed by atoms with E-state index in [1.165, 1.54) is 24.3 Å². The van der Waals surface area contributed by atoms with Crippen molar-refractivity contribution in [1.29, 1.82) is 0 Å². The Labute approximate surface area is 119 Å². The first-order valence-electron chi connectivity index (χ1n) is 5.62. The molecule has 0 aliphatic heterocycles. The lowest BCUT2D eigenvalue weighted by Gasteiger charge is -2.10. The average molecular weight is 318 g/mol. The van der Waals surface area contributed by atoms with Crippen molar-refractivity contribution in [2.75, 3.05) is 0 Å². The lowest BCUT2D eigenvalue weighted by molar-refractivity contribution is -0.141. The number of halogens is 3. The molecule has 1 heterocycles. The lowest BCUT2D eigenvalue weighted by Crippen LogP contribution is -2.12. The number of phenols is 1. The summed E-state index contributed by atoms with van der Waals surface area (Å²) in [6, 6.07) is 6.17. The number of aromatic nitrogens is 2. The fourth-order valence-corrected chi connectivity index (χ4v) is 2.01. The Morgan fingerprint density at radius 3 is 2.43 bits per heavy atom. The van der Waals surface area contributed by atoms with Gasteiger partial charge in [0.2, 0.25) is 0 Å². The summed E-state index contributed by atoms with van der Waals surface area (Å²) in [6.07, 6.45) is -4.72. The van der Waals surface area contributed by atoms with Crippen LogP contribution in [0.3, 0.4) is 0 Å². The minimum absolute atomic E-state index is 0.111. The summed E-state index contributed by atoms with van der Waals surface area (Å²) in [5, 5.41) is 9.36. The number of benzene rings is 1. The van der Waals surface area contributed by atoms with E-state index in [9.17, 15) is 26.7 Å². The van der Waals surface area contributed by atoms with Crippen molar-refractivity contribution in [3.8, 4) is 17.0 Å². The minimum atomic E-state index is -4.72. The summed E-state index contributed by atoms with van der Waals surface area (Å²) in [5.74, 6) is -1.28. The van der Waals surface area contributed by atoms with Gasteiger partial charge in [0.25, 0.3) is 0 Å². The third-order valence-corrected chi connectivity index (χ3v) is 3.02. The normalized spacial score (nSPS) is 11.8. The van der Waals surface area contributed by atoms with E-state index >= 15 is 0 Å². The van der Waals surface area contributed by atoms with Gasteiger partial charge in [-0.25, -0.2) is 18.4 Å².